The first-order valence-corrected chi connectivity index (χ1v) is 11.1. The maximum Gasteiger partial charge on any atom is 0.407 e. The largest absolute Gasteiger partial charge is 0.478 e. The third-order valence-corrected chi connectivity index (χ3v) is 5.89. The molecule has 0 radical (unpaired) electrons. The predicted molar refractivity (Wildman–Crippen MR) is 128 cm³/mol. The smallest absolute Gasteiger partial charge is 0.407 e. The summed E-state index contributed by atoms with van der Waals surface area (Å²) in [5.74, 6) is -1.25. The zero-order valence-corrected chi connectivity index (χ0v) is 18.8. The molecule has 4 rings (SSSR count). The van der Waals surface area contributed by atoms with Crippen molar-refractivity contribution < 1.29 is 24.2 Å². The number of hydrogen-bond acceptors (Lipinski definition) is 4. The molecule has 0 bridgehead atoms. The van der Waals surface area contributed by atoms with Crippen LogP contribution in [0.4, 0.5) is 4.79 Å². The Hall–Kier alpha value is -4.13. The van der Waals surface area contributed by atoms with Crippen LogP contribution in [0.2, 0.25) is 0 Å². The molecule has 0 fully saturated rings. The number of carboxylic acids is 1. The highest BCUT2D eigenvalue weighted by molar-refractivity contribution is 5.87. The number of benzene rings is 3. The SMILES string of the molecule is C[C@@H](CC(=O)NCc1ccc(C(=O)O)cc1)NC(=O)OCC1c2ccccc2-c2ccccc21. The van der Waals surface area contributed by atoms with Gasteiger partial charge in [-0.2, -0.15) is 0 Å². The van der Waals surface area contributed by atoms with Crippen LogP contribution in [0.15, 0.2) is 72.8 Å². The molecule has 3 N–H and O–H groups in total. The molecule has 0 unspecified atom stereocenters. The molecule has 0 saturated carbocycles. The molecule has 1 atom stereocenters. The second kappa shape index (κ2) is 10.2. The van der Waals surface area contributed by atoms with E-state index in [1.54, 1.807) is 19.1 Å². The number of amides is 2. The van der Waals surface area contributed by atoms with Crippen LogP contribution in [0.25, 0.3) is 11.1 Å². The van der Waals surface area contributed by atoms with Crippen molar-refractivity contribution in [2.24, 2.45) is 0 Å². The Morgan fingerprint density at radius 2 is 1.50 bits per heavy atom. The van der Waals surface area contributed by atoms with Gasteiger partial charge in [-0.25, -0.2) is 9.59 Å². The number of rotatable bonds is 8. The molecule has 34 heavy (non-hydrogen) atoms. The van der Waals surface area contributed by atoms with Gasteiger partial charge in [0.15, 0.2) is 0 Å². The van der Waals surface area contributed by atoms with Crippen molar-refractivity contribution >= 4 is 18.0 Å². The molecule has 0 aliphatic heterocycles. The van der Waals surface area contributed by atoms with E-state index in [1.165, 1.54) is 12.1 Å². The molecule has 7 nitrogen and oxygen atoms in total. The van der Waals surface area contributed by atoms with Crippen LogP contribution < -0.4 is 10.6 Å². The van der Waals surface area contributed by atoms with Gasteiger partial charge in [0, 0.05) is 24.9 Å². The first-order valence-electron chi connectivity index (χ1n) is 11.1. The molecule has 0 spiro atoms. The molecule has 1 aliphatic rings. The quantitative estimate of drug-likeness (QED) is 0.466. The van der Waals surface area contributed by atoms with Crippen LogP contribution in [-0.2, 0) is 16.1 Å². The summed E-state index contributed by atoms with van der Waals surface area (Å²) in [4.78, 5) is 35.5. The van der Waals surface area contributed by atoms with Crippen molar-refractivity contribution in [2.45, 2.75) is 31.8 Å². The van der Waals surface area contributed by atoms with Gasteiger partial charge in [0.1, 0.15) is 6.61 Å². The number of carbonyl (C=O) groups excluding carboxylic acids is 2. The summed E-state index contributed by atoms with van der Waals surface area (Å²) in [6, 6.07) is 22.1. The van der Waals surface area contributed by atoms with Gasteiger partial charge in [0.2, 0.25) is 5.91 Å². The average Bonchev–Trinajstić information content (AvgIpc) is 3.15. The van der Waals surface area contributed by atoms with Gasteiger partial charge in [0.25, 0.3) is 0 Å². The van der Waals surface area contributed by atoms with Crippen LogP contribution in [0.3, 0.4) is 0 Å². The number of aromatic carboxylic acids is 1. The van der Waals surface area contributed by atoms with Gasteiger partial charge in [-0.1, -0.05) is 60.7 Å². The van der Waals surface area contributed by atoms with E-state index in [0.29, 0.717) is 0 Å². The number of nitrogens with one attached hydrogen (secondary N) is 2. The second-order valence-electron chi connectivity index (χ2n) is 8.35. The van der Waals surface area contributed by atoms with E-state index < -0.39 is 18.1 Å². The molecule has 0 heterocycles. The Labute approximate surface area is 197 Å². The van der Waals surface area contributed by atoms with E-state index >= 15 is 0 Å². The van der Waals surface area contributed by atoms with Gasteiger partial charge in [-0.3, -0.25) is 4.79 Å². The Morgan fingerprint density at radius 3 is 2.09 bits per heavy atom. The molecular weight excluding hydrogens is 432 g/mol. The van der Waals surface area contributed by atoms with Crippen LogP contribution in [0, 0.1) is 0 Å². The molecule has 0 saturated heterocycles. The molecule has 2 amide bonds. The topological polar surface area (TPSA) is 105 Å². The standard InChI is InChI=1S/C27H26N2O5/c1-17(14-25(30)28-15-18-10-12-19(13-11-18)26(31)32)29-27(33)34-16-24-22-8-4-2-6-20(22)21-7-3-5-9-23(21)24/h2-13,17,24H,14-16H2,1H3,(H,28,30)(H,29,33)(H,31,32)/t17-/m0/s1. The van der Waals surface area contributed by atoms with E-state index in [2.05, 4.69) is 34.9 Å². The fourth-order valence-corrected chi connectivity index (χ4v) is 4.21. The van der Waals surface area contributed by atoms with Crippen LogP contribution >= 0.6 is 0 Å². The summed E-state index contributed by atoms with van der Waals surface area (Å²) in [7, 11) is 0. The fourth-order valence-electron chi connectivity index (χ4n) is 4.21. The first-order chi connectivity index (χ1) is 16.4. The van der Waals surface area contributed by atoms with E-state index in [1.807, 2.05) is 24.3 Å². The van der Waals surface area contributed by atoms with Gasteiger partial charge >= 0.3 is 12.1 Å². The lowest BCUT2D eigenvalue weighted by atomic mass is 9.98. The number of alkyl carbamates (subject to hydrolysis) is 1. The lowest BCUT2D eigenvalue weighted by Gasteiger charge is -2.17. The zero-order valence-electron chi connectivity index (χ0n) is 18.8. The molecule has 0 aromatic heterocycles. The number of fused-ring (bicyclic) bond motifs is 3. The average molecular weight is 459 g/mol. The maximum absolute atomic E-state index is 12.4. The first kappa shape index (κ1) is 23.0. The number of carbonyl (C=O) groups is 3. The van der Waals surface area contributed by atoms with Crippen molar-refractivity contribution in [2.75, 3.05) is 6.61 Å². The monoisotopic (exact) mass is 458 g/mol. The summed E-state index contributed by atoms with van der Waals surface area (Å²) in [6.45, 7) is 2.23. The maximum atomic E-state index is 12.4. The summed E-state index contributed by atoms with van der Waals surface area (Å²) < 4.78 is 5.52. The minimum absolute atomic E-state index is 0.0238. The van der Waals surface area contributed by atoms with E-state index in [0.717, 1.165) is 27.8 Å². The summed E-state index contributed by atoms with van der Waals surface area (Å²) in [5.41, 5.74) is 5.58. The minimum Gasteiger partial charge on any atom is -0.478 e. The number of carboxylic acid groups (broad SMARTS) is 1. The van der Waals surface area contributed by atoms with E-state index in [4.69, 9.17) is 9.84 Å². The van der Waals surface area contributed by atoms with E-state index in [-0.39, 0.29) is 37.0 Å². The highest BCUT2D eigenvalue weighted by Crippen LogP contribution is 2.44. The predicted octanol–water partition coefficient (Wildman–Crippen LogP) is 4.32. The van der Waals surface area contributed by atoms with Gasteiger partial charge in [-0.15, -0.1) is 0 Å². The summed E-state index contributed by atoms with van der Waals surface area (Å²) in [5, 5.41) is 14.4. The van der Waals surface area contributed by atoms with Crippen LogP contribution in [-0.4, -0.2) is 35.7 Å². The Kier molecular flexibility index (Phi) is 6.92. The zero-order chi connectivity index (χ0) is 24.1. The molecule has 3 aromatic carbocycles. The van der Waals surface area contributed by atoms with Crippen LogP contribution in [0.5, 0.6) is 0 Å². The molecular formula is C27H26N2O5. The number of hydrogen-bond donors (Lipinski definition) is 3. The molecule has 1 aliphatic carbocycles. The van der Waals surface area contributed by atoms with Crippen molar-refractivity contribution in [1.82, 2.24) is 10.6 Å². The highest BCUT2D eigenvalue weighted by Gasteiger charge is 2.29. The Bertz CT molecular complexity index is 1160. The Morgan fingerprint density at radius 1 is 0.912 bits per heavy atom. The van der Waals surface area contributed by atoms with Gasteiger partial charge in [-0.05, 0) is 46.9 Å². The molecule has 7 heteroatoms. The van der Waals surface area contributed by atoms with Crippen LogP contribution in [0.1, 0.15) is 46.3 Å². The van der Waals surface area contributed by atoms with Crippen molar-refractivity contribution in [3.05, 3.63) is 95.1 Å². The van der Waals surface area contributed by atoms with Gasteiger partial charge < -0.3 is 20.5 Å². The van der Waals surface area contributed by atoms with Crippen molar-refractivity contribution in [1.29, 1.82) is 0 Å². The molecule has 174 valence electrons. The summed E-state index contributed by atoms with van der Waals surface area (Å²) in [6.07, 6.45) is -0.469. The van der Waals surface area contributed by atoms with Crippen molar-refractivity contribution in [3.63, 3.8) is 0 Å². The van der Waals surface area contributed by atoms with Crippen molar-refractivity contribution in [3.8, 4) is 11.1 Å². The summed E-state index contributed by atoms with van der Waals surface area (Å²) >= 11 is 0. The third kappa shape index (κ3) is 5.26. The normalized spacial score (nSPS) is 12.9. The third-order valence-electron chi connectivity index (χ3n) is 5.89. The lowest BCUT2D eigenvalue weighted by molar-refractivity contribution is -0.121. The number of ether oxygens (including phenoxy) is 1. The van der Waals surface area contributed by atoms with Gasteiger partial charge in [0.05, 0.1) is 5.56 Å². The second-order valence-corrected chi connectivity index (χ2v) is 8.35. The van der Waals surface area contributed by atoms with E-state index in [9.17, 15) is 14.4 Å². The minimum atomic E-state index is -0.997. The fraction of sp³-hybridized carbons (Fsp3) is 0.222. The molecule has 3 aromatic rings. The Balaban J connectivity index is 1.24. The highest BCUT2D eigenvalue weighted by atomic mass is 16.5. The lowest BCUT2D eigenvalue weighted by Crippen LogP contribution is -2.37.